The number of nitriles is 1. The first kappa shape index (κ1) is 16.3. The molecule has 1 aromatic rings. The monoisotopic (exact) mass is 302 g/mol. The Morgan fingerprint density at radius 3 is 2.91 bits per heavy atom. The van der Waals surface area contributed by atoms with E-state index in [0.717, 1.165) is 0 Å². The number of nitrogens with zero attached hydrogens (tertiary/aromatic N) is 2. The van der Waals surface area contributed by atoms with Crippen LogP contribution in [0.25, 0.3) is 0 Å². The molecule has 0 N–H and O–H groups in total. The molecule has 2 atom stereocenters. The average molecular weight is 302 g/mol. The molecule has 0 saturated carbocycles. The van der Waals surface area contributed by atoms with Gasteiger partial charge in [-0.3, -0.25) is 4.79 Å². The van der Waals surface area contributed by atoms with Crippen LogP contribution in [0.15, 0.2) is 24.3 Å². The molecule has 0 aromatic heterocycles. The predicted octanol–water partition coefficient (Wildman–Crippen LogP) is 2.33. The van der Waals surface area contributed by atoms with Crippen molar-refractivity contribution in [3.63, 3.8) is 0 Å². The van der Waals surface area contributed by atoms with E-state index < -0.39 is 12.1 Å². The Bertz CT molecular complexity index is 565. The molecule has 0 bridgehead atoms. The minimum Gasteiger partial charge on any atom is -0.481 e. The van der Waals surface area contributed by atoms with Crippen LogP contribution in [0.2, 0.25) is 0 Å². The lowest BCUT2D eigenvalue weighted by Gasteiger charge is -2.33. The minimum absolute atomic E-state index is 0.176. The topological polar surface area (TPSA) is 62.6 Å². The zero-order valence-electron chi connectivity index (χ0n) is 13.3. The molecule has 118 valence electrons. The van der Waals surface area contributed by atoms with E-state index in [-0.39, 0.29) is 12.5 Å². The van der Waals surface area contributed by atoms with Crippen molar-refractivity contribution in [3.05, 3.63) is 29.8 Å². The van der Waals surface area contributed by atoms with Crippen molar-refractivity contribution in [2.24, 2.45) is 0 Å². The van der Waals surface area contributed by atoms with Gasteiger partial charge >= 0.3 is 0 Å². The highest BCUT2D eigenvalue weighted by Crippen LogP contribution is 2.21. The summed E-state index contributed by atoms with van der Waals surface area (Å²) in [4.78, 5) is 14.0. The molecule has 1 heterocycles. The molecule has 1 fully saturated rings. The fourth-order valence-electron chi connectivity index (χ4n) is 2.41. The summed E-state index contributed by atoms with van der Waals surface area (Å²) < 4.78 is 11.0. The first-order valence-corrected chi connectivity index (χ1v) is 7.57. The van der Waals surface area contributed by atoms with Crippen molar-refractivity contribution in [1.82, 2.24) is 4.90 Å². The third-order valence-electron chi connectivity index (χ3n) is 3.75. The number of benzene rings is 1. The summed E-state index contributed by atoms with van der Waals surface area (Å²) in [6.45, 7) is 7.08. The van der Waals surface area contributed by atoms with Crippen LogP contribution in [0.5, 0.6) is 5.75 Å². The SMILES string of the molecule is CC(C)c1cccc(O[C@H](C)C(=O)N2CCOC[C@H]2C#N)c1. The van der Waals surface area contributed by atoms with E-state index in [9.17, 15) is 4.79 Å². The number of rotatable bonds is 4. The minimum atomic E-state index is -0.628. The highest BCUT2D eigenvalue weighted by molar-refractivity contribution is 5.81. The Hall–Kier alpha value is -2.06. The van der Waals surface area contributed by atoms with Gasteiger partial charge in [0, 0.05) is 6.54 Å². The number of carbonyl (C=O) groups excluding carboxylic acids is 1. The number of amides is 1. The molecule has 0 unspecified atom stereocenters. The zero-order valence-corrected chi connectivity index (χ0v) is 13.3. The van der Waals surface area contributed by atoms with Crippen molar-refractivity contribution < 1.29 is 14.3 Å². The molecule has 22 heavy (non-hydrogen) atoms. The van der Waals surface area contributed by atoms with E-state index in [1.807, 2.05) is 24.3 Å². The highest BCUT2D eigenvalue weighted by atomic mass is 16.5. The lowest BCUT2D eigenvalue weighted by atomic mass is 10.0. The molecule has 1 aliphatic heterocycles. The molecule has 1 saturated heterocycles. The molecule has 1 amide bonds. The van der Waals surface area contributed by atoms with Gasteiger partial charge < -0.3 is 14.4 Å². The average Bonchev–Trinajstić information content (AvgIpc) is 2.54. The summed E-state index contributed by atoms with van der Waals surface area (Å²) >= 11 is 0. The van der Waals surface area contributed by atoms with Crippen molar-refractivity contribution in [2.45, 2.75) is 38.8 Å². The Kier molecular flexibility index (Phi) is 5.40. The number of ether oxygens (including phenoxy) is 2. The summed E-state index contributed by atoms with van der Waals surface area (Å²) in [7, 11) is 0. The Balaban J connectivity index is 2.05. The van der Waals surface area contributed by atoms with Gasteiger partial charge in [0.15, 0.2) is 6.10 Å². The van der Waals surface area contributed by atoms with Crippen molar-refractivity contribution in [3.8, 4) is 11.8 Å². The Labute approximate surface area is 131 Å². The lowest BCUT2D eigenvalue weighted by Crippen LogP contribution is -2.52. The summed E-state index contributed by atoms with van der Waals surface area (Å²) in [5.41, 5.74) is 1.17. The Morgan fingerprint density at radius 2 is 2.23 bits per heavy atom. The van der Waals surface area contributed by atoms with E-state index in [0.29, 0.717) is 24.8 Å². The van der Waals surface area contributed by atoms with Gasteiger partial charge in [-0.1, -0.05) is 26.0 Å². The lowest BCUT2D eigenvalue weighted by molar-refractivity contribution is -0.144. The molecular weight excluding hydrogens is 280 g/mol. The van der Waals surface area contributed by atoms with Crippen LogP contribution in [0.1, 0.15) is 32.3 Å². The van der Waals surface area contributed by atoms with Gasteiger partial charge in [0.1, 0.15) is 11.8 Å². The van der Waals surface area contributed by atoms with Gasteiger partial charge in [-0.2, -0.15) is 5.26 Å². The van der Waals surface area contributed by atoms with Crippen molar-refractivity contribution in [2.75, 3.05) is 19.8 Å². The van der Waals surface area contributed by atoms with Crippen LogP contribution in [-0.4, -0.2) is 42.7 Å². The molecule has 1 aliphatic rings. The summed E-state index contributed by atoms with van der Waals surface area (Å²) in [5, 5.41) is 9.11. The number of morpholine rings is 1. The van der Waals surface area contributed by atoms with Gasteiger partial charge in [0.25, 0.3) is 5.91 Å². The van der Waals surface area contributed by atoms with Gasteiger partial charge in [0.05, 0.1) is 19.3 Å². The van der Waals surface area contributed by atoms with Crippen LogP contribution < -0.4 is 4.74 Å². The third-order valence-corrected chi connectivity index (χ3v) is 3.75. The maximum atomic E-state index is 12.5. The number of hydrogen-bond donors (Lipinski definition) is 0. The first-order chi connectivity index (χ1) is 10.5. The number of carbonyl (C=O) groups is 1. The molecule has 1 aromatic carbocycles. The van der Waals surface area contributed by atoms with Crippen LogP contribution in [-0.2, 0) is 9.53 Å². The van der Waals surface area contributed by atoms with Gasteiger partial charge in [-0.05, 0) is 30.5 Å². The van der Waals surface area contributed by atoms with Crippen LogP contribution in [0.3, 0.4) is 0 Å². The zero-order chi connectivity index (χ0) is 16.1. The third kappa shape index (κ3) is 3.77. The van der Waals surface area contributed by atoms with E-state index in [2.05, 4.69) is 19.9 Å². The van der Waals surface area contributed by atoms with Gasteiger partial charge in [-0.15, -0.1) is 0 Å². The van der Waals surface area contributed by atoms with Crippen molar-refractivity contribution >= 4 is 5.91 Å². The van der Waals surface area contributed by atoms with E-state index in [4.69, 9.17) is 14.7 Å². The molecule has 0 radical (unpaired) electrons. The Morgan fingerprint density at radius 1 is 1.45 bits per heavy atom. The fourth-order valence-corrected chi connectivity index (χ4v) is 2.41. The first-order valence-electron chi connectivity index (χ1n) is 7.57. The second-order valence-corrected chi connectivity index (χ2v) is 5.74. The van der Waals surface area contributed by atoms with Gasteiger partial charge in [0.2, 0.25) is 0 Å². The smallest absolute Gasteiger partial charge is 0.264 e. The summed E-state index contributed by atoms with van der Waals surface area (Å²) in [6, 6.07) is 9.33. The largest absolute Gasteiger partial charge is 0.481 e. The maximum absolute atomic E-state index is 12.5. The van der Waals surface area contributed by atoms with Crippen LogP contribution in [0, 0.1) is 11.3 Å². The normalized spacial score (nSPS) is 19.6. The highest BCUT2D eigenvalue weighted by Gasteiger charge is 2.31. The van der Waals surface area contributed by atoms with Crippen molar-refractivity contribution in [1.29, 1.82) is 5.26 Å². The van der Waals surface area contributed by atoms with Crippen LogP contribution in [0.4, 0.5) is 0 Å². The quantitative estimate of drug-likeness (QED) is 0.856. The molecular formula is C17H22N2O3. The number of hydrogen-bond acceptors (Lipinski definition) is 4. The summed E-state index contributed by atoms with van der Waals surface area (Å²) in [6.07, 6.45) is -0.628. The molecule has 5 heteroatoms. The molecule has 2 rings (SSSR count). The molecule has 0 spiro atoms. The van der Waals surface area contributed by atoms with E-state index >= 15 is 0 Å². The van der Waals surface area contributed by atoms with E-state index in [1.54, 1.807) is 11.8 Å². The predicted molar refractivity (Wildman–Crippen MR) is 82.6 cm³/mol. The maximum Gasteiger partial charge on any atom is 0.264 e. The van der Waals surface area contributed by atoms with E-state index in [1.165, 1.54) is 5.56 Å². The second kappa shape index (κ2) is 7.28. The second-order valence-electron chi connectivity index (χ2n) is 5.74. The summed E-state index contributed by atoms with van der Waals surface area (Å²) in [5.74, 6) is 0.899. The standard InChI is InChI=1S/C17H22N2O3/c1-12(2)14-5-4-6-16(9-14)22-13(3)17(20)19-7-8-21-11-15(19)10-18/h4-6,9,12-13,15H,7-8,11H2,1-3H3/t13-,15-/m1/s1. The van der Waals surface area contributed by atoms with Crippen LogP contribution >= 0.6 is 0 Å². The molecule has 0 aliphatic carbocycles. The molecule has 5 nitrogen and oxygen atoms in total. The fraction of sp³-hybridized carbons (Fsp3) is 0.529. The van der Waals surface area contributed by atoms with Gasteiger partial charge in [-0.25, -0.2) is 0 Å².